The van der Waals surface area contributed by atoms with Crippen molar-refractivity contribution in [3.63, 3.8) is 0 Å². The maximum absolute atomic E-state index is 5.57. The summed E-state index contributed by atoms with van der Waals surface area (Å²) in [4.78, 5) is 11.7. The van der Waals surface area contributed by atoms with Crippen LogP contribution in [0.25, 0.3) is 0 Å². The first kappa shape index (κ1) is 19.5. The van der Waals surface area contributed by atoms with E-state index in [0.717, 1.165) is 58.2 Å². The van der Waals surface area contributed by atoms with Gasteiger partial charge < -0.3 is 19.5 Å². The molecule has 2 unspecified atom stereocenters. The lowest BCUT2D eigenvalue weighted by molar-refractivity contribution is 0.0793. The van der Waals surface area contributed by atoms with Gasteiger partial charge in [-0.25, -0.2) is 4.98 Å². The van der Waals surface area contributed by atoms with Crippen molar-refractivity contribution in [3.05, 3.63) is 18.7 Å². The minimum atomic E-state index is 0.228. The molecule has 146 valence electrons. The van der Waals surface area contributed by atoms with Crippen LogP contribution in [0.5, 0.6) is 0 Å². The first-order valence-electron chi connectivity index (χ1n) is 9.81. The van der Waals surface area contributed by atoms with Gasteiger partial charge in [0.05, 0.1) is 18.9 Å². The number of imidazole rings is 1. The molecule has 0 radical (unpaired) electrons. The van der Waals surface area contributed by atoms with Crippen LogP contribution < -0.4 is 5.32 Å². The fourth-order valence-corrected chi connectivity index (χ4v) is 4.68. The van der Waals surface area contributed by atoms with Gasteiger partial charge in [-0.15, -0.1) is 0 Å². The highest BCUT2D eigenvalue weighted by Gasteiger charge is 2.33. The van der Waals surface area contributed by atoms with Crippen LogP contribution in [0.15, 0.2) is 23.7 Å². The second kappa shape index (κ2) is 9.13. The maximum Gasteiger partial charge on any atom is 0.194 e. The Morgan fingerprint density at radius 1 is 1.42 bits per heavy atom. The molecule has 1 aromatic heterocycles. The van der Waals surface area contributed by atoms with Crippen LogP contribution in [0.3, 0.4) is 0 Å². The molecule has 2 saturated heterocycles. The van der Waals surface area contributed by atoms with Crippen molar-refractivity contribution in [1.82, 2.24) is 19.8 Å². The third kappa shape index (κ3) is 4.55. The number of hydrogen-bond acceptors (Lipinski definition) is 4. The SMILES string of the molecule is CCNC(=NCC1(SC)CCOCC1)N1CCC(C)C(n2ccnc2)C1. The summed E-state index contributed by atoms with van der Waals surface area (Å²) in [6, 6.07) is 0.452. The first-order valence-corrected chi connectivity index (χ1v) is 11.0. The zero-order chi connectivity index (χ0) is 18.4. The molecule has 1 N–H and O–H groups in total. The molecule has 2 fully saturated rings. The molecule has 2 aliphatic heterocycles. The third-order valence-electron chi connectivity index (χ3n) is 5.81. The van der Waals surface area contributed by atoms with Gasteiger partial charge in [-0.2, -0.15) is 11.8 Å². The fourth-order valence-electron chi connectivity index (χ4n) is 3.91. The average molecular weight is 380 g/mol. The van der Waals surface area contributed by atoms with Crippen molar-refractivity contribution in [2.24, 2.45) is 10.9 Å². The number of likely N-dealkylation sites (tertiary alicyclic amines) is 1. The highest BCUT2D eigenvalue weighted by molar-refractivity contribution is 8.00. The second-order valence-electron chi connectivity index (χ2n) is 7.46. The van der Waals surface area contributed by atoms with Gasteiger partial charge in [0.1, 0.15) is 0 Å². The standard InChI is InChI=1S/C19H33N5OS/c1-4-21-18(22-14-19(26-3)6-11-25-12-7-19)23-9-5-16(2)17(13-23)24-10-8-20-15-24/h8,10,15-17H,4-7,9,11-14H2,1-3H3,(H,21,22). The molecule has 26 heavy (non-hydrogen) atoms. The third-order valence-corrected chi connectivity index (χ3v) is 7.22. The van der Waals surface area contributed by atoms with Gasteiger partial charge in [0.25, 0.3) is 0 Å². The number of guanidine groups is 1. The molecule has 3 heterocycles. The lowest BCUT2D eigenvalue weighted by Crippen LogP contribution is -2.49. The minimum absolute atomic E-state index is 0.228. The lowest BCUT2D eigenvalue weighted by Gasteiger charge is -2.40. The highest BCUT2D eigenvalue weighted by Crippen LogP contribution is 2.34. The minimum Gasteiger partial charge on any atom is -0.381 e. The number of aliphatic imine (C=N–C) groups is 1. The van der Waals surface area contributed by atoms with Crippen LogP contribution in [-0.4, -0.2) is 70.8 Å². The van der Waals surface area contributed by atoms with E-state index < -0.39 is 0 Å². The largest absolute Gasteiger partial charge is 0.381 e. The van der Waals surface area contributed by atoms with Crippen molar-refractivity contribution < 1.29 is 4.74 Å². The van der Waals surface area contributed by atoms with Crippen LogP contribution in [0.1, 0.15) is 39.2 Å². The predicted octanol–water partition coefficient (Wildman–Crippen LogP) is 2.64. The van der Waals surface area contributed by atoms with Crippen molar-refractivity contribution in [2.75, 3.05) is 45.6 Å². The summed E-state index contributed by atoms with van der Waals surface area (Å²) in [6.45, 7) is 10.0. The molecule has 6 nitrogen and oxygen atoms in total. The Balaban J connectivity index is 1.72. The Morgan fingerprint density at radius 3 is 2.88 bits per heavy atom. The smallest absolute Gasteiger partial charge is 0.194 e. The van der Waals surface area contributed by atoms with Crippen LogP contribution in [0, 0.1) is 5.92 Å². The van der Waals surface area contributed by atoms with E-state index in [1.54, 1.807) is 0 Å². The Morgan fingerprint density at radius 2 is 2.23 bits per heavy atom. The number of thioether (sulfide) groups is 1. The number of aromatic nitrogens is 2. The van der Waals surface area contributed by atoms with Crippen molar-refractivity contribution in [2.45, 2.75) is 43.9 Å². The highest BCUT2D eigenvalue weighted by atomic mass is 32.2. The normalized spacial score (nSPS) is 26.7. The Hall–Kier alpha value is -1.21. The first-order chi connectivity index (χ1) is 12.7. The van der Waals surface area contributed by atoms with Crippen LogP contribution in [0.4, 0.5) is 0 Å². The molecule has 0 amide bonds. The summed E-state index contributed by atoms with van der Waals surface area (Å²) in [6.07, 6.45) is 11.5. The molecular weight excluding hydrogens is 346 g/mol. The Kier molecular flexibility index (Phi) is 6.86. The van der Waals surface area contributed by atoms with Crippen LogP contribution in [-0.2, 0) is 4.74 Å². The Labute approximate surface area is 161 Å². The summed E-state index contributed by atoms with van der Waals surface area (Å²) < 4.78 is 8.05. The summed E-state index contributed by atoms with van der Waals surface area (Å²) in [5.41, 5.74) is 0. The van der Waals surface area contributed by atoms with Gasteiger partial charge in [-0.1, -0.05) is 6.92 Å². The fraction of sp³-hybridized carbons (Fsp3) is 0.789. The van der Waals surface area contributed by atoms with Gasteiger partial charge in [0.15, 0.2) is 5.96 Å². The lowest BCUT2D eigenvalue weighted by atomic mass is 9.93. The van der Waals surface area contributed by atoms with Crippen LogP contribution in [0.2, 0.25) is 0 Å². The van der Waals surface area contributed by atoms with E-state index >= 15 is 0 Å². The molecule has 0 saturated carbocycles. The maximum atomic E-state index is 5.57. The summed E-state index contributed by atoms with van der Waals surface area (Å²) in [5, 5.41) is 3.52. The summed E-state index contributed by atoms with van der Waals surface area (Å²) in [5.74, 6) is 1.71. The number of hydrogen-bond donors (Lipinski definition) is 1. The van der Waals surface area contributed by atoms with E-state index in [9.17, 15) is 0 Å². The van der Waals surface area contributed by atoms with Gasteiger partial charge in [-0.3, -0.25) is 4.99 Å². The zero-order valence-electron chi connectivity index (χ0n) is 16.4. The number of rotatable bonds is 5. The van der Waals surface area contributed by atoms with E-state index in [1.165, 1.54) is 6.42 Å². The molecule has 1 aromatic rings. The molecule has 0 aromatic carbocycles. The van der Waals surface area contributed by atoms with E-state index in [2.05, 4.69) is 46.1 Å². The molecule has 2 atom stereocenters. The summed E-state index contributed by atoms with van der Waals surface area (Å²) in [7, 11) is 0. The van der Waals surface area contributed by atoms with Crippen molar-refractivity contribution >= 4 is 17.7 Å². The summed E-state index contributed by atoms with van der Waals surface area (Å²) >= 11 is 1.95. The average Bonchev–Trinajstić information content (AvgIpc) is 3.21. The quantitative estimate of drug-likeness (QED) is 0.630. The molecule has 0 bridgehead atoms. The van der Waals surface area contributed by atoms with E-state index in [1.807, 2.05) is 24.3 Å². The van der Waals surface area contributed by atoms with Gasteiger partial charge in [0.2, 0.25) is 0 Å². The number of nitrogens with one attached hydrogen (secondary N) is 1. The second-order valence-corrected chi connectivity index (χ2v) is 8.73. The van der Waals surface area contributed by atoms with Gasteiger partial charge in [-0.05, 0) is 38.4 Å². The Bertz CT molecular complexity index is 570. The number of ether oxygens (including phenoxy) is 1. The monoisotopic (exact) mass is 379 g/mol. The van der Waals surface area contributed by atoms with E-state index in [0.29, 0.717) is 12.0 Å². The molecule has 3 rings (SSSR count). The molecule has 0 aliphatic carbocycles. The number of nitrogens with zero attached hydrogens (tertiary/aromatic N) is 4. The number of piperidine rings is 1. The molecular formula is C19H33N5OS. The molecule has 7 heteroatoms. The predicted molar refractivity (Wildman–Crippen MR) is 109 cm³/mol. The van der Waals surface area contributed by atoms with E-state index in [-0.39, 0.29) is 4.75 Å². The van der Waals surface area contributed by atoms with Gasteiger partial charge >= 0.3 is 0 Å². The van der Waals surface area contributed by atoms with E-state index in [4.69, 9.17) is 9.73 Å². The van der Waals surface area contributed by atoms with Gasteiger partial charge in [0, 0.05) is 50.0 Å². The zero-order valence-corrected chi connectivity index (χ0v) is 17.2. The molecule has 2 aliphatic rings. The topological polar surface area (TPSA) is 54.7 Å². The van der Waals surface area contributed by atoms with Crippen molar-refractivity contribution in [3.8, 4) is 0 Å². The molecule has 0 spiro atoms. The van der Waals surface area contributed by atoms with Crippen molar-refractivity contribution in [1.29, 1.82) is 0 Å². The van der Waals surface area contributed by atoms with Crippen LogP contribution >= 0.6 is 11.8 Å².